The molecule has 1 heterocycles. The van der Waals surface area contributed by atoms with Crippen molar-refractivity contribution >= 4 is 17.3 Å². The molecular weight excluding hydrogens is 194 g/mol. The number of nitrogens with zero attached hydrogens (tertiary/aromatic N) is 1. The van der Waals surface area contributed by atoms with Crippen LogP contribution < -0.4 is 4.90 Å². The molecule has 0 unspecified atom stereocenters. The Morgan fingerprint density at radius 2 is 1.86 bits per heavy atom. The molecule has 0 saturated carbocycles. The van der Waals surface area contributed by atoms with Crippen LogP contribution in [0, 0.1) is 6.92 Å². The number of hydrogen-bond acceptors (Lipinski definition) is 1. The van der Waals surface area contributed by atoms with Crippen molar-refractivity contribution in [3.63, 3.8) is 0 Å². The van der Waals surface area contributed by atoms with Crippen LogP contribution in [0.1, 0.15) is 24.8 Å². The van der Waals surface area contributed by atoms with Gasteiger partial charge in [-0.15, -0.1) is 0 Å². The molecule has 1 nitrogen and oxygen atoms in total. The minimum absolute atomic E-state index is 0.887. The molecule has 0 radical (unpaired) electrons. The second-order valence-corrected chi connectivity index (χ2v) is 4.41. The molecule has 1 fully saturated rings. The Morgan fingerprint density at radius 1 is 1.14 bits per heavy atom. The fraction of sp³-hybridized carbons (Fsp3) is 0.500. The molecule has 14 heavy (non-hydrogen) atoms. The Morgan fingerprint density at radius 3 is 2.57 bits per heavy atom. The van der Waals surface area contributed by atoms with Crippen LogP contribution in [0.25, 0.3) is 0 Å². The number of rotatable bonds is 1. The van der Waals surface area contributed by atoms with E-state index >= 15 is 0 Å². The standard InChI is InChI=1S/C12H16ClN/c1-10-5-6-11(13)12(9-10)14-7-3-2-4-8-14/h5-6,9H,2-4,7-8H2,1H3. The van der Waals surface area contributed by atoms with Gasteiger partial charge in [0.25, 0.3) is 0 Å². The van der Waals surface area contributed by atoms with Crippen LogP contribution in [0.5, 0.6) is 0 Å². The molecule has 0 spiro atoms. The lowest BCUT2D eigenvalue weighted by molar-refractivity contribution is 0.578. The molecule has 0 amide bonds. The highest BCUT2D eigenvalue weighted by Gasteiger charge is 2.13. The quantitative estimate of drug-likeness (QED) is 0.683. The molecule has 76 valence electrons. The Bertz CT molecular complexity index is 316. The van der Waals surface area contributed by atoms with Gasteiger partial charge in [0.1, 0.15) is 0 Å². The van der Waals surface area contributed by atoms with Gasteiger partial charge in [0.05, 0.1) is 10.7 Å². The summed E-state index contributed by atoms with van der Waals surface area (Å²) in [4.78, 5) is 2.40. The van der Waals surface area contributed by atoms with Crippen LogP contribution in [0.2, 0.25) is 5.02 Å². The van der Waals surface area contributed by atoms with E-state index in [-0.39, 0.29) is 0 Å². The van der Waals surface area contributed by atoms with Gasteiger partial charge >= 0.3 is 0 Å². The van der Waals surface area contributed by atoms with E-state index in [2.05, 4.69) is 24.0 Å². The maximum Gasteiger partial charge on any atom is 0.0639 e. The van der Waals surface area contributed by atoms with Gasteiger partial charge in [-0.2, -0.15) is 0 Å². The lowest BCUT2D eigenvalue weighted by Gasteiger charge is -2.29. The SMILES string of the molecule is Cc1ccc(Cl)c(N2CCCCC2)c1. The second-order valence-electron chi connectivity index (χ2n) is 4.00. The summed E-state index contributed by atoms with van der Waals surface area (Å²) < 4.78 is 0. The first-order valence-corrected chi connectivity index (χ1v) is 5.66. The maximum absolute atomic E-state index is 6.19. The predicted octanol–water partition coefficient (Wildman–Crippen LogP) is 3.64. The first-order valence-electron chi connectivity index (χ1n) is 5.28. The summed E-state index contributed by atoms with van der Waals surface area (Å²) >= 11 is 6.19. The van der Waals surface area contributed by atoms with E-state index in [1.54, 1.807) is 0 Å². The smallest absolute Gasteiger partial charge is 0.0639 e. The highest BCUT2D eigenvalue weighted by atomic mass is 35.5. The number of halogens is 1. The van der Waals surface area contributed by atoms with Crippen molar-refractivity contribution in [3.05, 3.63) is 28.8 Å². The molecule has 0 bridgehead atoms. The molecule has 1 aromatic carbocycles. The zero-order chi connectivity index (χ0) is 9.97. The van der Waals surface area contributed by atoms with Gasteiger partial charge in [0.15, 0.2) is 0 Å². The van der Waals surface area contributed by atoms with Crippen molar-refractivity contribution in [3.8, 4) is 0 Å². The molecule has 1 aliphatic rings. The predicted molar refractivity (Wildman–Crippen MR) is 62.3 cm³/mol. The average molecular weight is 210 g/mol. The number of hydrogen-bond donors (Lipinski definition) is 0. The van der Waals surface area contributed by atoms with Gasteiger partial charge in [0.2, 0.25) is 0 Å². The Kier molecular flexibility index (Phi) is 2.97. The van der Waals surface area contributed by atoms with E-state index < -0.39 is 0 Å². The monoisotopic (exact) mass is 209 g/mol. The summed E-state index contributed by atoms with van der Waals surface area (Å²) in [5.74, 6) is 0. The third-order valence-electron chi connectivity index (χ3n) is 2.80. The summed E-state index contributed by atoms with van der Waals surface area (Å²) in [7, 11) is 0. The third-order valence-corrected chi connectivity index (χ3v) is 3.12. The fourth-order valence-corrected chi connectivity index (χ4v) is 2.24. The van der Waals surface area contributed by atoms with Gasteiger partial charge < -0.3 is 4.90 Å². The van der Waals surface area contributed by atoms with Crippen LogP contribution >= 0.6 is 11.6 Å². The Balaban J connectivity index is 2.24. The Hall–Kier alpha value is -0.690. The molecule has 1 saturated heterocycles. The van der Waals surface area contributed by atoms with Crippen LogP contribution in [0.15, 0.2) is 18.2 Å². The lowest BCUT2D eigenvalue weighted by Crippen LogP contribution is -2.29. The zero-order valence-corrected chi connectivity index (χ0v) is 9.35. The van der Waals surface area contributed by atoms with Crippen molar-refractivity contribution in [2.45, 2.75) is 26.2 Å². The van der Waals surface area contributed by atoms with Crippen LogP contribution in [-0.2, 0) is 0 Å². The normalized spacial score (nSPS) is 17.1. The summed E-state index contributed by atoms with van der Waals surface area (Å²) in [5, 5.41) is 0.887. The molecule has 0 atom stereocenters. The van der Waals surface area contributed by atoms with Crippen molar-refractivity contribution in [1.29, 1.82) is 0 Å². The zero-order valence-electron chi connectivity index (χ0n) is 8.59. The second kappa shape index (κ2) is 4.22. The highest BCUT2D eigenvalue weighted by molar-refractivity contribution is 6.33. The van der Waals surface area contributed by atoms with Gasteiger partial charge in [-0.1, -0.05) is 17.7 Å². The molecule has 0 N–H and O–H groups in total. The van der Waals surface area contributed by atoms with Gasteiger partial charge in [-0.3, -0.25) is 0 Å². The molecule has 1 aromatic rings. The molecule has 0 aliphatic carbocycles. The molecule has 2 rings (SSSR count). The van der Waals surface area contributed by atoms with Gasteiger partial charge in [0, 0.05) is 13.1 Å². The van der Waals surface area contributed by atoms with E-state index in [1.165, 1.54) is 30.5 Å². The van der Waals surface area contributed by atoms with Crippen LogP contribution in [-0.4, -0.2) is 13.1 Å². The van der Waals surface area contributed by atoms with E-state index in [0.29, 0.717) is 0 Å². The van der Waals surface area contributed by atoms with E-state index in [1.807, 2.05) is 6.07 Å². The number of anilines is 1. The first-order chi connectivity index (χ1) is 6.77. The number of benzene rings is 1. The summed E-state index contributed by atoms with van der Waals surface area (Å²) in [6, 6.07) is 6.25. The van der Waals surface area contributed by atoms with E-state index in [9.17, 15) is 0 Å². The number of piperidine rings is 1. The first kappa shape index (κ1) is 9.85. The fourth-order valence-electron chi connectivity index (χ4n) is 2.00. The molecule has 2 heteroatoms. The summed E-state index contributed by atoms with van der Waals surface area (Å²) in [5.41, 5.74) is 2.50. The van der Waals surface area contributed by atoms with E-state index in [0.717, 1.165) is 18.1 Å². The summed E-state index contributed by atoms with van der Waals surface area (Å²) in [6.07, 6.45) is 3.95. The topological polar surface area (TPSA) is 3.24 Å². The molecule has 1 aliphatic heterocycles. The van der Waals surface area contributed by atoms with Crippen molar-refractivity contribution in [1.82, 2.24) is 0 Å². The third kappa shape index (κ3) is 2.03. The van der Waals surface area contributed by atoms with Crippen molar-refractivity contribution in [2.75, 3.05) is 18.0 Å². The minimum atomic E-state index is 0.887. The largest absolute Gasteiger partial charge is 0.370 e. The number of aryl methyl sites for hydroxylation is 1. The summed E-state index contributed by atoms with van der Waals surface area (Å²) in [6.45, 7) is 4.43. The van der Waals surface area contributed by atoms with Crippen LogP contribution in [0.3, 0.4) is 0 Å². The lowest BCUT2D eigenvalue weighted by atomic mass is 10.1. The minimum Gasteiger partial charge on any atom is -0.370 e. The maximum atomic E-state index is 6.19. The highest BCUT2D eigenvalue weighted by Crippen LogP contribution is 2.28. The van der Waals surface area contributed by atoms with Crippen molar-refractivity contribution < 1.29 is 0 Å². The van der Waals surface area contributed by atoms with E-state index in [4.69, 9.17) is 11.6 Å². The van der Waals surface area contributed by atoms with Crippen LogP contribution in [0.4, 0.5) is 5.69 Å². The average Bonchev–Trinajstić information content (AvgIpc) is 2.23. The van der Waals surface area contributed by atoms with Crippen molar-refractivity contribution in [2.24, 2.45) is 0 Å². The molecule has 0 aromatic heterocycles. The van der Waals surface area contributed by atoms with Gasteiger partial charge in [-0.25, -0.2) is 0 Å². The Labute approximate surface area is 90.7 Å². The molecular formula is C12H16ClN. The van der Waals surface area contributed by atoms with Gasteiger partial charge in [-0.05, 0) is 43.9 Å².